The molecule has 0 unspecified atom stereocenters. The molecule has 0 bridgehead atoms. The van der Waals surface area contributed by atoms with Crippen LogP contribution in [0.15, 0.2) is 40.6 Å². The first-order chi connectivity index (χ1) is 12.0. The van der Waals surface area contributed by atoms with E-state index in [9.17, 15) is 18.0 Å². The van der Waals surface area contributed by atoms with Crippen molar-refractivity contribution in [2.45, 2.75) is 30.2 Å². The van der Waals surface area contributed by atoms with E-state index in [-0.39, 0.29) is 28.7 Å². The zero-order valence-corrected chi connectivity index (χ0v) is 14.8. The van der Waals surface area contributed by atoms with Crippen LogP contribution in [0.4, 0.5) is 0 Å². The van der Waals surface area contributed by atoms with Crippen LogP contribution in [-0.2, 0) is 21.2 Å². The van der Waals surface area contributed by atoms with Gasteiger partial charge in [0.15, 0.2) is 0 Å². The summed E-state index contributed by atoms with van der Waals surface area (Å²) >= 11 is 1.58. The fourth-order valence-electron chi connectivity index (χ4n) is 2.83. The number of benzene rings is 1. The summed E-state index contributed by atoms with van der Waals surface area (Å²) in [5.41, 5.74) is 0.265. The largest absolute Gasteiger partial charge is 0.462 e. The Morgan fingerprint density at radius 2 is 2.08 bits per heavy atom. The second kappa shape index (κ2) is 5.96. The van der Waals surface area contributed by atoms with Crippen LogP contribution in [-0.4, -0.2) is 37.2 Å². The second-order valence-corrected chi connectivity index (χ2v) is 8.83. The molecule has 1 amide bonds. The molecule has 0 saturated heterocycles. The molecule has 6 nitrogen and oxygen atoms in total. The second-order valence-electron chi connectivity index (χ2n) is 6.01. The van der Waals surface area contributed by atoms with Crippen LogP contribution in [0.1, 0.15) is 38.4 Å². The van der Waals surface area contributed by atoms with E-state index in [2.05, 4.69) is 0 Å². The van der Waals surface area contributed by atoms with E-state index in [1.807, 2.05) is 17.5 Å². The molecule has 0 N–H and O–H groups in total. The molecule has 8 heteroatoms. The number of hydrogen-bond acceptors (Lipinski definition) is 6. The molecule has 0 spiro atoms. The number of sulfonamides is 1. The van der Waals surface area contributed by atoms with E-state index in [0.29, 0.717) is 19.3 Å². The molecule has 1 aliphatic carbocycles. The molecular weight excluding hydrogens is 362 g/mol. The third-order valence-electron chi connectivity index (χ3n) is 4.22. The van der Waals surface area contributed by atoms with Crippen molar-refractivity contribution in [2.75, 3.05) is 6.61 Å². The van der Waals surface area contributed by atoms with Crippen LogP contribution in [0.2, 0.25) is 0 Å². The number of esters is 1. The summed E-state index contributed by atoms with van der Waals surface area (Å²) in [7, 11) is -3.87. The van der Waals surface area contributed by atoms with Gasteiger partial charge in [-0.05, 0) is 42.5 Å². The summed E-state index contributed by atoms with van der Waals surface area (Å²) in [6, 6.07) is 7.72. The van der Waals surface area contributed by atoms with Gasteiger partial charge in [-0.25, -0.2) is 17.5 Å². The maximum absolute atomic E-state index is 12.6. The zero-order valence-electron chi connectivity index (χ0n) is 13.2. The summed E-state index contributed by atoms with van der Waals surface area (Å²) < 4.78 is 31.3. The highest BCUT2D eigenvalue weighted by Crippen LogP contribution is 2.39. The lowest BCUT2D eigenvalue weighted by atomic mass is 10.1. The smallest absolute Gasteiger partial charge is 0.338 e. The SMILES string of the molecule is O=C(OCCc1cccs1)c1ccc2c(c1)S(=O)(=O)N(C1CC1)C2=O. The van der Waals surface area contributed by atoms with E-state index in [4.69, 9.17) is 4.74 Å². The van der Waals surface area contributed by atoms with Crippen LogP contribution in [0, 0.1) is 0 Å². The van der Waals surface area contributed by atoms with Gasteiger partial charge in [0.1, 0.15) is 4.90 Å². The van der Waals surface area contributed by atoms with Crippen molar-refractivity contribution in [1.82, 2.24) is 4.31 Å². The average Bonchev–Trinajstić information content (AvgIpc) is 3.22. The normalized spacial score (nSPS) is 18.2. The van der Waals surface area contributed by atoms with E-state index < -0.39 is 21.9 Å². The predicted molar refractivity (Wildman–Crippen MR) is 91.1 cm³/mol. The summed E-state index contributed by atoms with van der Waals surface area (Å²) in [5, 5.41) is 1.95. The Morgan fingerprint density at radius 3 is 2.76 bits per heavy atom. The monoisotopic (exact) mass is 377 g/mol. The topological polar surface area (TPSA) is 80.8 Å². The van der Waals surface area contributed by atoms with Gasteiger partial charge in [0.05, 0.1) is 17.7 Å². The number of carbonyl (C=O) groups excluding carboxylic acids is 2. The van der Waals surface area contributed by atoms with Gasteiger partial charge < -0.3 is 4.74 Å². The average molecular weight is 377 g/mol. The predicted octanol–water partition coefficient (Wildman–Crippen LogP) is 2.45. The Labute approximate surface area is 149 Å². The minimum atomic E-state index is -3.87. The van der Waals surface area contributed by atoms with Gasteiger partial charge in [0.2, 0.25) is 0 Å². The maximum Gasteiger partial charge on any atom is 0.338 e. The Hall–Kier alpha value is -2.19. The number of nitrogens with zero attached hydrogens (tertiary/aromatic N) is 1. The van der Waals surface area contributed by atoms with Gasteiger partial charge in [0, 0.05) is 17.3 Å². The molecule has 2 aliphatic rings. The van der Waals surface area contributed by atoms with Crippen molar-refractivity contribution < 1.29 is 22.7 Å². The molecule has 130 valence electrons. The van der Waals surface area contributed by atoms with Crippen LogP contribution in [0.5, 0.6) is 0 Å². The lowest BCUT2D eigenvalue weighted by molar-refractivity contribution is 0.0509. The first-order valence-electron chi connectivity index (χ1n) is 7.91. The molecule has 2 aromatic rings. The zero-order chi connectivity index (χ0) is 17.6. The van der Waals surface area contributed by atoms with E-state index >= 15 is 0 Å². The Morgan fingerprint density at radius 1 is 1.28 bits per heavy atom. The summed E-state index contributed by atoms with van der Waals surface area (Å²) in [4.78, 5) is 25.5. The molecule has 1 fully saturated rings. The molecule has 0 radical (unpaired) electrons. The third-order valence-corrected chi connectivity index (χ3v) is 7.04. The van der Waals surface area contributed by atoms with Crippen LogP contribution < -0.4 is 0 Å². The third kappa shape index (κ3) is 2.85. The fourth-order valence-corrected chi connectivity index (χ4v) is 5.36. The lowest BCUT2D eigenvalue weighted by Crippen LogP contribution is -2.31. The number of fused-ring (bicyclic) bond motifs is 1. The van der Waals surface area contributed by atoms with Crippen LogP contribution in [0.25, 0.3) is 0 Å². The summed E-state index contributed by atoms with van der Waals surface area (Å²) in [6.07, 6.45) is 1.99. The quantitative estimate of drug-likeness (QED) is 0.748. The van der Waals surface area contributed by atoms with Crippen molar-refractivity contribution >= 4 is 33.2 Å². The number of thiophene rings is 1. The molecule has 25 heavy (non-hydrogen) atoms. The van der Waals surface area contributed by atoms with Crippen molar-refractivity contribution in [3.05, 3.63) is 51.7 Å². The maximum atomic E-state index is 12.6. The van der Waals surface area contributed by atoms with Crippen molar-refractivity contribution in [1.29, 1.82) is 0 Å². The van der Waals surface area contributed by atoms with E-state index in [0.717, 1.165) is 9.18 Å². The number of amides is 1. The number of carbonyl (C=O) groups is 2. The van der Waals surface area contributed by atoms with Crippen LogP contribution in [0.3, 0.4) is 0 Å². The highest BCUT2D eigenvalue weighted by atomic mass is 32.2. The van der Waals surface area contributed by atoms with Crippen molar-refractivity contribution in [3.63, 3.8) is 0 Å². The van der Waals surface area contributed by atoms with E-state index in [1.54, 1.807) is 11.3 Å². The molecule has 0 atom stereocenters. The summed E-state index contributed by atoms with van der Waals surface area (Å²) in [6.45, 7) is 0.219. The highest BCUT2D eigenvalue weighted by molar-refractivity contribution is 7.90. The molecule has 4 rings (SSSR count). The van der Waals surface area contributed by atoms with Gasteiger partial charge in [-0.1, -0.05) is 6.07 Å². The number of rotatable bonds is 5. The van der Waals surface area contributed by atoms with Gasteiger partial charge in [-0.3, -0.25) is 4.79 Å². The molecule has 1 aromatic heterocycles. The minimum absolute atomic E-state index is 0.0999. The van der Waals surface area contributed by atoms with Crippen molar-refractivity contribution in [3.8, 4) is 0 Å². The first kappa shape index (κ1) is 16.3. The molecule has 1 aromatic carbocycles. The molecular formula is C17H15NO5S2. The molecule has 1 saturated carbocycles. The van der Waals surface area contributed by atoms with Gasteiger partial charge in [0.25, 0.3) is 15.9 Å². The van der Waals surface area contributed by atoms with Gasteiger partial charge in [-0.2, -0.15) is 0 Å². The van der Waals surface area contributed by atoms with Crippen LogP contribution >= 0.6 is 11.3 Å². The number of ether oxygens (including phenoxy) is 1. The fraction of sp³-hybridized carbons (Fsp3) is 0.294. The summed E-state index contributed by atoms with van der Waals surface area (Å²) in [5.74, 6) is -1.10. The number of hydrogen-bond donors (Lipinski definition) is 0. The van der Waals surface area contributed by atoms with E-state index in [1.165, 1.54) is 18.2 Å². The Bertz CT molecular complexity index is 945. The van der Waals surface area contributed by atoms with Gasteiger partial charge >= 0.3 is 5.97 Å². The molecule has 2 heterocycles. The van der Waals surface area contributed by atoms with Gasteiger partial charge in [-0.15, -0.1) is 11.3 Å². The minimum Gasteiger partial charge on any atom is -0.462 e. The Balaban J connectivity index is 1.52. The highest BCUT2D eigenvalue weighted by Gasteiger charge is 2.48. The van der Waals surface area contributed by atoms with Crippen molar-refractivity contribution in [2.24, 2.45) is 0 Å². The molecule has 1 aliphatic heterocycles. The Kier molecular flexibility index (Phi) is 3.88. The first-order valence-corrected chi connectivity index (χ1v) is 10.2. The standard InChI is InChI=1S/C17H15NO5S2/c19-16-14-6-3-11(17(20)23-8-7-13-2-1-9-24-13)10-15(14)25(21,22)18(16)12-4-5-12/h1-3,6,9-10,12H,4-5,7-8H2. The lowest BCUT2D eigenvalue weighted by Gasteiger charge is -2.13.